The predicted molar refractivity (Wildman–Crippen MR) is 101 cm³/mol. The minimum absolute atomic E-state index is 0.0498. The van der Waals surface area contributed by atoms with Crippen molar-refractivity contribution in [2.75, 3.05) is 5.32 Å². The van der Waals surface area contributed by atoms with Crippen LogP contribution in [0, 0.1) is 19.8 Å². The molecule has 0 aliphatic carbocycles. The van der Waals surface area contributed by atoms with Gasteiger partial charge in [-0.15, -0.1) is 0 Å². The number of alkyl halides is 2. The van der Waals surface area contributed by atoms with E-state index in [9.17, 15) is 13.6 Å². The van der Waals surface area contributed by atoms with Crippen molar-refractivity contribution >= 4 is 44.2 Å². The van der Waals surface area contributed by atoms with Crippen LogP contribution in [0.2, 0.25) is 5.02 Å². The fourth-order valence-corrected chi connectivity index (χ4v) is 3.59. The number of nitrogens with one attached hydrogen (secondary N) is 1. The number of halogens is 3. The molecular weight excluding hydrogens is 398 g/mol. The van der Waals surface area contributed by atoms with Crippen molar-refractivity contribution in [1.82, 2.24) is 14.8 Å². The van der Waals surface area contributed by atoms with Crippen molar-refractivity contribution in [3.05, 3.63) is 34.6 Å². The summed E-state index contributed by atoms with van der Waals surface area (Å²) in [4.78, 5) is 16.8. The van der Waals surface area contributed by atoms with Crippen LogP contribution in [0.3, 0.4) is 0 Å². The number of nitrogens with zero attached hydrogens (tertiary/aromatic N) is 3. The summed E-state index contributed by atoms with van der Waals surface area (Å²) in [6.45, 7) is 2.92. The van der Waals surface area contributed by atoms with Gasteiger partial charge in [-0.1, -0.05) is 29.9 Å². The van der Waals surface area contributed by atoms with E-state index in [4.69, 9.17) is 11.6 Å². The highest BCUT2D eigenvalue weighted by Crippen LogP contribution is 2.30. The van der Waals surface area contributed by atoms with Gasteiger partial charge in [-0.2, -0.15) is 13.9 Å². The van der Waals surface area contributed by atoms with E-state index in [1.807, 2.05) is 13.8 Å². The van der Waals surface area contributed by atoms with Crippen LogP contribution in [0.1, 0.15) is 18.3 Å². The Morgan fingerprint density at radius 3 is 2.78 bits per heavy atom. The van der Waals surface area contributed by atoms with Crippen molar-refractivity contribution in [2.24, 2.45) is 5.92 Å². The van der Waals surface area contributed by atoms with Crippen LogP contribution in [-0.4, -0.2) is 27.3 Å². The first kappa shape index (κ1) is 19.5. The Balaban J connectivity index is 1.70. The highest BCUT2D eigenvalue weighted by molar-refractivity contribution is 7.22. The summed E-state index contributed by atoms with van der Waals surface area (Å²) in [5.74, 6) is -0.542. The molecule has 2 heterocycles. The van der Waals surface area contributed by atoms with Crippen LogP contribution in [0.5, 0.6) is 5.75 Å². The topological polar surface area (TPSA) is 69.0 Å². The average molecular weight is 415 g/mol. The number of fused-ring (bicyclic) bond motifs is 1. The monoisotopic (exact) mass is 414 g/mol. The van der Waals surface area contributed by atoms with Crippen LogP contribution in [0.15, 0.2) is 18.2 Å². The molecule has 3 rings (SSSR count). The normalized spacial score (nSPS) is 12.6. The molecule has 1 N–H and O–H groups in total. The summed E-state index contributed by atoms with van der Waals surface area (Å²) in [7, 11) is 0. The van der Waals surface area contributed by atoms with E-state index < -0.39 is 6.61 Å². The summed E-state index contributed by atoms with van der Waals surface area (Å²) in [6.07, 6.45) is 0. The van der Waals surface area contributed by atoms with E-state index in [0.717, 1.165) is 11.4 Å². The standard InChI is InChI=1S/C17H17ClF2N4O2S/c1-8(7-24-10(3)14(18)9(2)23-24)15(25)22-17-21-12-5-4-11(26-16(19)20)6-13(12)27-17/h4-6,8,16H,7H2,1-3H3,(H,21,22,25). The van der Waals surface area contributed by atoms with E-state index in [0.29, 0.717) is 26.9 Å². The van der Waals surface area contributed by atoms with Gasteiger partial charge in [0, 0.05) is 0 Å². The molecule has 27 heavy (non-hydrogen) atoms. The van der Waals surface area contributed by atoms with Crippen LogP contribution in [-0.2, 0) is 11.3 Å². The van der Waals surface area contributed by atoms with E-state index in [1.54, 1.807) is 17.7 Å². The Bertz CT molecular complexity index is 989. The molecule has 1 unspecified atom stereocenters. The summed E-state index contributed by atoms with van der Waals surface area (Å²) in [5.41, 5.74) is 2.12. The van der Waals surface area contributed by atoms with Gasteiger partial charge in [0.1, 0.15) is 5.75 Å². The number of amides is 1. The molecule has 1 amide bonds. The predicted octanol–water partition coefficient (Wildman–Crippen LogP) is 4.64. The molecule has 0 aliphatic rings. The Labute approximate surface area is 163 Å². The second-order valence-corrected chi connectivity index (χ2v) is 7.49. The van der Waals surface area contributed by atoms with Crippen LogP contribution in [0.4, 0.5) is 13.9 Å². The molecule has 0 radical (unpaired) electrons. The zero-order valence-electron chi connectivity index (χ0n) is 14.8. The Hall–Kier alpha value is -2.26. The van der Waals surface area contributed by atoms with E-state index >= 15 is 0 Å². The number of ether oxygens (including phenoxy) is 1. The number of hydrogen-bond donors (Lipinski definition) is 1. The Morgan fingerprint density at radius 2 is 2.15 bits per heavy atom. The molecule has 0 spiro atoms. The molecule has 2 aromatic heterocycles. The maximum Gasteiger partial charge on any atom is 0.387 e. The molecule has 0 aliphatic heterocycles. The number of hydrogen-bond acceptors (Lipinski definition) is 5. The molecule has 10 heteroatoms. The van der Waals surface area contributed by atoms with Crippen molar-refractivity contribution < 1.29 is 18.3 Å². The average Bonchev–Trinajstić information content (AvgIpc) is 3.09. The van der Waals surface area contributed by atoms with Crippen LogP contribution >= 0.6 is 22.9 Å². The summed E-state index contributed by atoms with van der Waals surface area (Å²) >= 11 is 7.32. The summed E-state index contributed by atoms with van der Waals surface area (Å²) in [5, 5.41) is 8.07. The fraction of sp³-hybridized carbons (Fsp3) is 0.353. The first-order valence-corrected chi connectivity index (χ1v) is 9.30. The van der Waals surface area contributed by atoms with Crippen molar-refractivity contribution in [3.63, 3.8) is 0 Å². The number of carbonyl (C=O) groups excluding carboxylic acids is 1. The lowest BCUT2D eigenvalue weighted by atomic mass is 10.1. The van der Waals surface area contributed by atoms with Gasteiger partial charge in [0.15, 0.2) is 5.13 Å². The van der Waals surface area contributed by atoms with Crippen molar-refractivity contribution in [3.8, 4) is 5.75 Å². The number of anilines is 1. The Morgan fingerprint density at radius 1 is 1.41 bits per heavy atom. The van der Waals surface area contributed by atoms with E-state index in [1.165, 1.54) is 23.5 Å². The third kappa shape index (κ3) is 4.36. The van der Waals surface area contributed by atoms with E-state index in [-0.39, 0.29) is 17.6 Å². The quantitative estimate of drug-likeness (QED) is 0.638. The highest BCUT2D eigenvalue weighted by atomic mass is 35.5. The van der Waals surface area contributed by atoms with E-state index in [2.05, 4.69) is 20.1 Å². The van der Waals surface area contributed by atoms with Gasteiger partial charge in [-0.3, -0.25) is 9.48 Å². The lowest BCUT2D eigenvalue weighted by Gasteiger charge is -2.12. The van der Waals surface area contributed by atoms with Crippen LogP contribution in [0.25, 0.3) is 10.2 Å². The molecule has 1 atom stereocenters. The van der Waals surface area contributed by atoms with Gasteiger partial charge in [0.05, 0.1) is 39.1 Å². The molecular formula is C17H17ClF2N4O2S. The maximum absolute atomic E-state index is 12.5. The van der Waals surface area contributed by atoms with Gasteiger partial charge in [-0.25, -0.2) is 4.98 Å². The molecule has 0 saturated carbocycles. The number of thiazole rings is 1. The number of benzene rings is 1. The van der Waals surface area contributed by atoms with Gasteiger partial charge >= 0.3 is 6.61 Å². The maximum atomic E-state index is 12.5. The third-order valence-electron chi connectivity index (χ3n) is 4.00. The molecule has 0 bridgehead atoms. The molecule has 6 nitrogen and oxygen atoms in total. The van der Waals surface area contributed by atoms with Gasteiger partial charge < -0.3 is 10.1 Å². The second kappa shape index (κ2) is 7.77. The third-order valence-corrected chi connectivity index (χ3v) is 5.48. The van der Waals surface area contributed by atoms with Gasteiger partial charge in [0.2, 0.25) is 5.91 Å². The second-order valence-electron chi connectivity index (χ2n) is 6.08. The van der Waals surface area contributed by atoms with Gasteiger partial charge in [-0.05, 0) is 32.0 Å². The minimum atomic E-state index is -2.89. The number of rotatable bonds is 6. The van der Waals surface area contributed by atoms with Crippen molar-refractivity contribution in [1.29, 1.82) is 0 Å². The SMILES string of the molecule is Cc1nn(CC(C)C(=O)Nc2nc3ccc(OC(F)F)cc3s2)c(C)c1Cl. The number of carbonyl (C=O) groups is 1. The van der Waals surface area contributed by atoms with Crippen LogP contribution < -0.4 is 10.1 Å². The zero-order chi connectivity index (χ0) is 19.7. The molecule has 0 saturated heterocycles. The molecule has 3 aromatic rings. The van der Waals surface area contributed by atoms with Gasteiger partial charge in [0.25, 0.3) is 0 Å². The largest absolute Gasteiger partial charge is 0.435 e. The zero-order valence-corrected chi connectivity index (χ0v) is 16.4. The lowest BCUT2D eigenvalue weighted by molar-refractivity contribution is -0.119. The highest BCUT2D eigenvalue weighted by Gasteiger charge is 2.19. The molecule has 1 aromatic carbocycles. The smallest absolute Gasteiger partial charge is 0.387 e. The first-order valence-electron chi connectivity index (χ1n) is 8.10. The lowest BCUT2D eigenvalue weighted by Crippen LogP contribution is -2.25. The Kier molecular flexibility index (Phi) is 5.61. The number of aromatic nitrogens is 3. The minimum Gasteiger partial charge on any atom is -0.435 e. The summed E-state index contributed by atoms with van der Waals surface area (Å²) in [6, 6.07) is 4.45. The molecule has 0 fully saturated rings. The fourth-order valence-electron chi connectivity index (χ4n) is 2.56. The summed E-state index contributed by atoms with van der Waals surface area (Å²) < 4.78 is 31.3. The number of aryl methyl sites for hydroxylation is 1. The molecule has 144 valence electrons. The van der Waals surface area contributed by atoms with Crippen molar-refractivity contribution in [2.45, 2.75) is 33.9 Å². The first-order chi connectivity index (χ1) is 12.7.